The van der Waals surface area contributed by atoms with Crippen molar-refractivity contribution >= 4 is 0 Å². The van der Waals surface area contributed by atoms with Gasteiger partial charge in [0, 0.05) is 0 Å². The molecule has 1 aromatic carbocycles. The molecule has 1 fully saturated rings. The number of benzene rings is 1. The van der Waals surface area contributed by atoms with E-state index in [4.69, 9.17) is 4.74 Å². The Balaban J connectivity index is 1.79. The molecule has 2 nitrogen and oxygen atoms in total. The molecule has 2 aliphatic rings. The van der Waals surface area contributed by atoms with Gasteiger partial charge in [0.05, 0.1) is 12.2 Å². The molecule has 0 heterocycles. The van der Waals surface area contributed by atoms with Crippen LogP contribution < -0.4 is 4.74 Å². The third-order valence-corrected chi connectivity index (χ3v) is 4.00. The Morgan fingerprint density at radius 1 is 1.06 bits per heavy atom. The summed E-state index contributed by atoms with van der Waals surface area (Å²) in [6.45, 7) is 0. The average molecular weight is 232 g/mol. The molecule has 1 aromatic rings. The van der Waals surface area contributed by atoms with Crippen molar-refractivity contribution in [2.75, 3.05) is 0 Å². The van der Waals surface area contributed by atoms with E-state index < -0.39 is 0 Å². The fourth-order valence-electron chi connectivity index (χ4n) is 3.02. The van der Waals surface area contributed by atoms with E-state index in [0.29, 0.717) is 6.10 Å². The topological polar surface area (TPSA) is 29.5 Å². The largest absolute Gasteiger partial charge is 0.490 e. The van der Waals surface area contributed by atoms with E-state index in [1.807, 2.05) is 0 Å². The van der Waals surface area contributed by atoms with Crippen LogP contribution in [0.1, 0.15) is 55.8 Å². The maximum absolute atomic E-state index is 9.99. The van der Waals surface area contributed by atoms with Crippen molar-refractivity contribution in [3.05, 3.63) is 29.3 Å². The van der Waals surface area contributed by atoms with Crippen LogP contribution in [0.2, 0.25) is 0 Å². The van der Waals surface area contributed by atoms with E-state index in [0.717, 1.165) is 30.6 Å². The number of aryl methyl sites for hydroxylation is 1. The van der Waals surface area contributed by atoms with Crippen molar-refractivity contribution in [1.82, 2.24) is 0 Å². The summed E-state index contributed by atoms with van der Waals surface area (Å²) in [4.78, 5) is 0. The van der Waals surface area contributed by atoms with Crippen LogP contribution in [0.25, 0.3) is 0 Å². The molecular weight excluding hydrogens is 212 g/mol. The Hall–Kier alpha value is -1.02. The number of ether oxygens (including phenoxy) is 1. The number of aliphatic hydroxyl groups excluding tert-OH is 1. The first-order chi connectivity index (χ1) is 8.33. The molecule has 2 aliphatic carbocycles. The minimum atomic E-state index is -0.286. The highest BCUT2D eigenvalue weighted by Crippen LogP contribution is 2.33. The van der Waals surface area contributed by atoms with Gasteiger partial charge in [0.2, 0.25) is 0 Å². The van der Waals surface area contributed by atoms with Gasteiger partial charge in [-0.25, -0.2) is 0 Å². The van der Waals surface area contributed by atoms with Crippen molar-refractivity contribution < 1.29 is 9.84 Å². The summed E-state index contributed by atoms with van der Waals surface area (Å²) in [5, 5.41) is 9.99. The Morgan fingerprint density at radius 2 is 1.88 bits per heavy atom. The molecule has 1 saturated carbocycles. The Labute approximate surface area is 103 Å². The smallest absolute Gasteiger partial charge is 0.120 e. The quantitative estimate of drug-likeness (QED) is 0.847. The van der Waals surface area contributed by atoms with Gasteiger partial charge in [-0.15, -0.1) is 0 Å². The molecular formula is C15H20O2. The van der Waals surface area contributed by atoms with Gasteiger partial charge < -0.3 is 9.84 Å². The highest BCUT2D eigenvalue weighted by atomic mass is 16.5. The highest BCUT2D eigenvalue weighted by molar-refractivity contribution is 5.38. The molecule has 0 radical (unpaired) electrons. The lowest BCUT2D eigenvalue weighted by molar-refractivity contribution is 0.155. The molecule has 17 heavy (non-hydrogen) atoms. The predicted molar refractivity (Wildman–Crippen MR) is 67.2 cm³/mol. The zero-order chi connectivity index (χ0) is 11.7. The van der Waals surface area contributed by atoms with E-state index in [1.54, 1.807) is 0 Å². The summed E-state index contributed by atoms with van der Waals surface area (Å²) in [5.74, 6) is 0.941. The second kappa shape index (κ2) is 4.69. The number of rotatable bonds is 2. The van der Waals surface area contributed by atoms with E-state index in [1.165, 1.54) is 31.2 Å². The molecule has 92 valence electrons. The maximum Gasteiger partial charge on any atom is 0.120 e. The van der Waals surface area contributed by atoms with Gasteiger partial charge in [0.1, 0.15) is 5.75 Å². The monoisotopic (exact) mass is 232 g/mol. The van der Waals surface area contributed by atoms with Gasteiger partial charge in [-0.1, -0.05) is 6.07 Å². The summed E-state index contributed by atoms with van der Waals surface area (Å²) >= 11 is 0. The van der Waals surface area contributed by atoms with E-state index in [-0.39, 0.29) is 6.10 Å². The normalized spacial score (nSPS) is 24.6. The van der Waals surface area contributed by atoms with Crippen molar-refractivity contribution in [3.63, 3.8) is 0 Å². The van der Waals surface area contributed by atoms with Gasteiger partial charge in [-0.3, -0.25) is 0 Å². The van der Waals surface area contributed by atoms with Crippen LogP contribution in [0.3, 0.4) is 0 Å². The van der Waals surface area contributed by atoms with Crippen LogP contribution in [0.5, 0.6) is 5.75 Å². The van der Waals surface area contributed by atoms with Crippen molar-refractivity contribution in [1.29, 1.82) is 0 Å². The first-order valence-corrected chi connectivity index (χ1v) is 6.80. The van der Waals surface area contributed by atoms with Crippen LogP contribution in [0, 0.1) is 0 Å². The maximum atomic E-state index is 9.99. The molecule has 0 amide bonds. The fraction of sp³-hybridized carbons (Fsp3) is 0.600. The number of hydrogen-bond acceptors (Lipinski definition) is 2. The van der Waals surface area contributed by atoms with Crippen LogP contribution in [-0.4, -0.2) is 11.2 Å². The van der Waals surface area contributed by atoms with E-state index in [9.17, 15) is 5.11 Å². The average Bonchev–Trinajstić information content (AvgIpc) is 2.83. The van der Waals surface area contributed by atoms with Crippen LogP contribution in [-0.2, 0) is 6.42 Å². The molecule has 1 atom stereocenters. The predicted octanol–water partition coefficient (Wildman–Crippen LogP) is 3.38. The lowest BCUT2D eigenvalue weighted by Gasteiger charge is -2.22. The summed E-state index contributed by atoms with van der Waals surface area (Å²) < 4.78 is 5.98. The standard InChI is InChI=1S/C15H20O2/c16-15-7-3-4-11-8-9-13(10-14(11)15)17-12-5-1-2-6-12/h8-10,12,15-16H,1-7H2. The Kier molecular flexibility index (Phi) is 3.06. The summed E-state index contributed by atoms with van der Waals surface area (Å²) in [5.41, 5.74) is 2.38. The van der Waals surface area contributed by atoms with Crippen LogP contribution in [0.4, 0.5) is 0 Å². The minimum Gasteiger partial charge on any atom is -0.490 e. The summed E-state index contributed by atoms with van der Waals surface area (Å²) in [6.07, 6.45) is 8.13. The molecule has 0 bridgehead atoms. The molecule has 2 heteroatoms. The van der Waals surface area contributed by atoms with Gasteiger partial charge in [0.15, 0.2) is 0 Å². The molecule has 0 saturated heterocycles. The van der Waals surface area contributed by atoms with Crippen molar-refractivity contribution in [3.8, 4) is 5.75 Å². The Bertz CT molecular complexity index is 394. The number of hydrogen-bond donors (Lipinski definition) is 1. The minimum absolute atomic E-state index is 0.286. The summed E-state index contributed by atoms with van der Waals surface area (Å²) in [6, 6.07) is 6.24. The van der Waals surface area contributed by atoms with Gasteiger partial charge in [0.25, 0.3) is 0 Å². The van der Waals surface area contributed by atoms with Gasteiger partial charge in [-0.2, -0.15) is 0 Å². The van der Waals surface area contributed by atoms with Crippen molar-refractivity contribution in [2.24, 2.45) is 0 Å². The molecule has 0 spiro atoms. The molecule has 1 N–H and O–H groups in total. The first kappa shape index (κ1) is 11.1. The van der Waals surface area contributed by atoms with Gasteiger partial charge >= 0.3 is 0 Å². The second-order valence-corrected chi connectivity index (χ2v) is 5.29. The number of fused-ring (bicyclic) bond motifs is 1. The highest BCUT2D eigenvalue weighted by Gasteiger charge is 2.20. The number of aliphatic hydroxyl groups is 1. The van der Waals surface area contributed by atoms with E-state index >= 15 is 0 Å². The molecule has 1 unspecified atom stereocenters. The fourth-order valence-corrected chi connectivity index (χ4v) is 3.02. The first-order valence-electron chi connectivity index (χ1n) is 6.80. The van der Waals surface area contributed by atoms with Crippen LogP contribution >= 0.6 is 0 Å². The zero-order valence-electron chi connectivity index (χ0n) is 10.2. The molecule has 0 aromatic heterocycles. The van der Waals surface area contributed by atoms with Crippen LogP contribution in [0.15, 0.2) is 18.2 Å². The SMILES string of the molecule is OC1CCCc2ccc(OC3CCCC3)cc21. The lowest BCUT2D eigenvalue weighted by atomic mass is 9.89. The molecule has 0 aliphatic heterocycles. The molecule has 3 rings (SSSR count). The zero-order valence-corrected chi connectivity index (χ0v) is 10.2. The van der Waals surface area contributed by atoms with Crippen molar-refractivity contribution in [2.45, 2.75) is 57.2 Å². The summed E-state index contributed by atoms with van der Waals surface area (Å²) in [7, 11) is 0. The van der Waals surface area contributed by atoms with E-state index in [2.05, 4.69) is 18.2 Å². The lowest BCUT2D eigenvalue weighted by Crippen LogP contribution is -2.13. The van der Waals surface area contributed by atoms with Gasteiger partial charge in [-0.05, 0) is 68.2 Å². The second-order valence-electron chi connectivity index (χ2n) is 5.29. The third kappa shape index (κ3) is 2.32. The Morgan fingerprint density at radius 3 is 2.71 bits per heavy atom. The third-order valence-electron chi connectivity index (χ3n) is 4.00.